The molecule has 0 aliphatic rings. The Morgan fingerprint density at radius 2 is 2.25 bits per heavy atom. The van der Waals surface area contributed by atoms with Gasteiger partial charge in [0.2, 0.25) is 0 Å². The van der Waals surface area contributed by atoms with Gasteiger partial charge in [0.15, 0.2) is 5.82 Å². The van der Waals surface area contributed by atoms with Crippen molar-refractivity contribution in [1.29, 1.82) is 0 Å². The summed E-state index contributed by atoms with van der Waals surface area (Å²) in [5, 5.41) is 12.8. The molecular formula is C7H6N4O. The van der Waals surface area contributed by atoms with Crippen LogP contribution in [-0.4, -0.2) is 24.9 Å². The molecule has 2 heterocycles. The van der Waals surface area contributed by atoms with Gasteiger partial charge in [-0.1, -0.05) is 0 Å². The number of rotatable bonds is 1. The lowest BCUT2D eigenvalue weighted by Crippen LogP contribution is -1.96. The lowest BCUT2D eigenvalue weighted by atomic mass is 10.4. The van der Waals surface area contributed by atoms with E-state index < -0.39 is 0 Å². The average Bonchev–Trinajstić information content (AvgIpc) is 2.58. The number of pyridine rings is 1. The molecule has 0 radical (unpaired) electrons. The Hall–Kier alpha value is -1.91. The molecule has 0 unspecified atom stereocenters. The maximum absolute atomic E-state index is 8.95. The molecule has 0 aromatic carbocycles. The van der Waals surface area contributed by atoms with Crippen LogP contribution in [0, 0.1) is 0 Å². The SMILES string of the molecule is Oc1ccc(-n2cncn2)nc1. The first-order valence-corrected chi connectivity index (χ1v) is 3.36. The third kappa shape index (κ3) is 1.12. The van der Waals surface area contributed by atoms with Gasteiger partial charge in [0.05, 0.1) is 6.20 Å². The van der Waals surface area contributed by atoms with E-state index in [0.717, 1.165) is 0 Å². The number of aromatic nitrogens is 4. The third-order valence-electron chi connectivity index (χ3n) is 1.39. The van der Waals surface area contributed by atoms with Crippen molar-refractivity contribution in [3.63, 3.8) is 0 Å². The van der Waals surface area contributed by atoms with Gasteiger partial charge in [-0.25, -0.2) is 14.6 Å². The molecule has 5 nitrogen and oxygen atoms in total. The van der Waals surface area contributed by atoms with Crippen LogP contribution >= 0.6 is 0 Å². The Morgan fingerprint density at radius 1 is 1.33 bits per heavy atom. The lowest BCUT2D eigenvalue weighted by Gasteiger charge is -1.97. The molecule has 1 N–H and O–H groups in total. The summed E-state index contributed by atoms with van der Waals surface area (Å²) in [5.41, 5.74) is 0. The number of hydrogen-bond donors (Lipinski definition) is 1. The molecule has 2 aromatic heterocycles. The first kappa shape index (κ1) is 6.78. The highest BCUT2D eigenvalue weighted by Gasteiger charge is 1.96. The Kier molecular flexibility index (Phi) is 1.48. The van der Waals surface area contributed by atoms with Gasteiger partial charge in [-0.15, -0.1) is 0 Å². The van der Waals surface area contributed by atoms with Crippen molar-refractivity contribution >= 4 is 0 Å². The fourth-order valence-electron chi connectivity index (χ4n) is 0.840. The molecule has 0 spiro atoms. The van der Waals surface area contributed by atoms with Crippen molar-refractivity contribution < 1.29 is 5.11 Å². The quantitative estimate of drug-likeness (QED) is 0.657. The van der Waals surface area contributed by atoms with Crippen LogP contribution < -0.4 is 0 Å². The maximum Gasteiger partial charge on any atom is 0.155 e. The van der Waals surface area contributed by atoms with E-state index in [4.69, 9.17) is 5.11 Å². The van der Waals surface area contributed by atoms with Crippen LogP contribution in [-0.2, 0) is 0 Å². The Labute approximate surface area is 68.3 Å². The smallest absolute Gasteiger partial charge is 0.155 e. The molecule has 12 heavy (non-hydrogen) atoms. The second-order valence-electron chi connectivity index (χ2n) is 2.21. The third-order valence-corrected chi connectivity index (χ3v) is 1.39. The summed E-state index contributed by atoms with van der Waals surface area (Å²) < 4.78 is 1.51. The minimum Gasteiger partial charge on any atom is -0.506 e. The second kappa shape index (κ2) is 2.61. The Morgan fingerprint density at radius 3 is 2.83 bits per heavy atom. The molecule has 0 aliphatic heterocycles. The van der Waals surface area contributed by atoms with Crippen LogP contribution in [0.1, 0.15) is 0 Å². The van der Waals surface area contributed by atoms with Gasteiger partial charge < -0.3 is 5.11 Å². The molecule has 0 saturated carbocycles. The van der Waals surface area contributed by atoms with Crippen molar-refractivity contribution in [2.75, 3.05) is 0 Å². The normalized spacial score (nSPS) is 10.0. The summed E-state index contributed by atoms with van der Waals surface area (Å²) >= 11 is 0. The minimum absolute atomic E-state index is 0.138. The zero-order chi connectivity index (χ0) is 8.39. The van der Waals surface area contributed by atoms with Gasteiger partial charge in [0, 0.05) is 0 Å². The van der Waals surface area contributed by atoms with E-state index in [1.165, 1.54) is 17.2 Å². The van der Waals surface area contributed by atoms with Crippen molar-refractivity contribution in [3.8, 4) is 11.6 Å². The van der Waals surface area contributed by atoms with Gasteiger partial charge in [0.25, 0.3) is 0 Å². The lowest BCUT2D eigenvalue weighted by molar-refractivity contribution is 0.472. The first-order valence-electron chi connectivity index (χ1n) is 3.36. The Balaban J connectivity index is 2.43. The molecule has 60 valence electrons. The van der Waals surface area contributed by atoms with Gasteiger partial charge in [-0.05, 0) is 12.1 Å². The molecule has 0 amide bonds. The zero-order valence-corrected chi connectivity index (χ0v) is 6.12. The van der Waals surface area contributed by atoms with E-state index in [-0.39, 0.29) is 5.75 Å². The van der Waals surface area contributed by atoms with Crippen molar-refractivity contribution in [2.45, 2.75) is 0 Å². The molecule has 0 saturated heterocycles. The highest BCUT2D eigenvalue weighted by molar-refractivity contribution is 5.26. The minimum atomic E-state index is 0.138. The maximum atomic E-state index is 8.95. The summed E-state index contributed by atoms with van der Waals surface area (Å²) in [7, 11) is 0. The predicted molar refractivity (Wildman–Crippen MR) is 40.8 cm³/mol. The molecule has 2 rings (SSSR count). The molecule has 5 heteroatoms. The average molecular weight is 162 g/mol. The molecule has 2 aromatic rings. The van der Waals surface area contributed by atoms with Crippen LogP contribution in [0.25, 0.3) is 5.82 Å². The van der Waals surface area contributed by atoms with E-state index in [9.17, 15) is 0 Å². The predicted octanol–water partition coefficient (Wildman–Crippen LogP) is 0.368. The van der Waals surface area contributed by atoms with Crippen LogP contribution in [0.15, 0.2) is 31.0 Å². The standard InChI is InChI=1S/C7H6N4O/c12-6-1-2-7(9-3-6)11-5-8-4-10-11/h1-5,12H. The zero-order valence-electron chi connectivity index (χ0n) is 6.12. The van der Waals surface area contributed by atoms with Crippen LogP contribution in [0.5, 0.6) is 5.75 Å². The number of hydrogen-bond acceptors (Lipinski definition) is 4. The molecule has 0 aliphatic carbocycles. The largest absolute Gasteiger partial charge is 0.506 e. The van der Waals surface area contributed by atoms with Crippen LogP contribution in [0.2, 0.25) is 0 Å². The van der Waals surface area contributed by atoms with Gasteiger partial charge >= 0.3 is 0 Å². The number of nitrogens with zero attached hydrogens (tertiary/aromatic N) is 4. The summed E-state index contributed by atoms with van der Waals surface area (Å²) in [5.74, 6) is 0.768. The van der Waals surface area contributed by atoms with Crippen molar-refractivity contribution in [2.24, 2.45) is 0 Å². The number of aromatic hydroxyl groups is 1. The fraction of sp³-hybridized carbons (Fsp3) is 0. The van der Waals surface area contributed by atoms with E-state index in [1.807, 2.05) is 0 Å². The second-order valence-corrected chi connectivity index (χ2v) is 2.21. The van der Waals surface area contributed by atoms with Gasteiger partial charge in [-0.3, -0.25) is 0 Å². The van der Waals surface area contributed by atoms with Gasteiger partial charge in [0.1, 0.15) is 18.4 Å². The molecule has 0 atom stereocenters. The van der Waals surface area contributed by atoms with Crippen LogP contribution in [0.4, 0.5) is 0 Å². The summed E-state index contributed by atoms with van der Waals surface area (Å²) in [6.07, 6.45) is 4.32. The summed E-state index contributed by atoms with van der Waals surface area (Å²) in [4.78, 5) is 7.70. The fourth-order valence-corrected chi connectivity index (χ4v) is 0.840. The van der Waals surface area contributed by atoms with E-state index in [1.54, 1.807) is 18.5 Å². The van der Waals surface area contributed by atoms with Crippen molar-refractivity contribution in [1.82, 2.24) is 19.7 Å². The van der Waals surface area contributed by atoms with Crippen molar-refractivity contribution in [3.05, 3.63) is 31.0 Å². The summed E-state index contributed by atoms with van der Waals surface area (Å²) in [6.45, 7) is 0. The first-order chi connectivity index (χ1) is 5.86. The monoisotopic (exact) mass is 162 g/mol. The molecular weight excluding hydrogens is 156 g/mol. The topological polar surface area (TPSA) is 63.8 Å². The van der Waals surface area contributed by atoms with E-state index in [0.29, 0.717) is 5.82 Å². The highest BCUT2D eigenvalue weighted by atomic mass is 16.3. The van der Waals surface area contributed by atoms with E-state index >= 15 is 0 Å². The highest BCUT2D eigenvalue weighted by Crippen LogP contribution is 2.07. The Bertz CT molecular complexity index is 353. The summed E-state index contributed by atoms with van der Waals surface area (Å²) in [6, 6.07) is 3.20. The van der Waals surface area contributed by atoms with E-state index in [2.05, 4.69) is 15.1 Å². The molecule has 0 fully saturated rings. The van der Waals surface area contributed by atoms with Crippen LogP contribution in [0.3, 0.4) is 0 Å². The molecule has 0 bridgehead atoms. The van der Waals surface area contributed by atoms with Gasteiger partial charge in [-0.2, -0.15) is 5.10 Å².